The average molecular weight is 1900 g/mol. The van der Waals surface area contributed by atoms with Crippen LogP contribution in [0.1, 0.15) is 216 Å². The zero-order valence-corrected chi connectivity index (χ0v) is 88.2. The van der Waals surface area contributed by atoms with E-state index in [1.54, 1.807) is 0 Å². The highest BCUT2D eigenvalue weighted by Gasteiger charge is 2.38. The molecule has 0 spiro atoms. The van der Waals surface area contributed by atoms with Gasteiger partial charge < -0.3 is 0 Å². The van der Waals surface area contributed by atoms with Gasteiger partial charge in [-0.15, -0.1) is 0 Å². The second-order valence-corrected chi connectivity index (χ2v) is 41.8. The topological polar surface area (TPSA) is 44.0 Å². The molecule has 20 aromatic rings. The van der Waals surface area contributed by atoms with Crippen LogP contribution in [0.4, 0.5) is 0 Å². The SMILES string of the molecule is CC(C)c1cc(-c2ccccc2)cc(C(C)C)c1-n1cc[n+]2c1-c1ccccc1C2.CC(C)c1cccc(C(C)C)c1-n1cc[n+]2c1-c1cc(-c3ccccc3)ccc1C2.CC(C)c1ccccc1-n1cc[n+]2c1-c1cc(-c3ccccc3)ccc1C2.Cc1ccc(-c2ccccc2)cc1-c1n(-c2c(C)cccc2C)cc[n+]1C.Cc1ccccc1-c1n(-c2c(C(C)C)cc(-c3ccccc3)cc2C(C)C)cc[n+]1C. The molecular weight excluding hydrogens is 1760 g/mol. The number of imidazole rings is 5. The molecule has 0 fully saturated rings. The second-order valence-electron chi connectivity index (χ2n) is 41.8. The molecule has 10 nitrogen and oxygen atoms in total. The van der Waals surface area contributed by atoms with Crippen LogP contribution in [0.2, 0.25) is 0 Å². The first-order chi connectivity index (χ1) is 70.2. The lowest BCUT2D eigenvalue weighted by Gasteiger charge is -2.20. The van der Waals surface area contributed by atoms with Crippen molar-refractivity contribution in [2.45, 2.75) is 186 Å². The number of benzene rings is 15. The maximum atomic E-state index is 2.44. The molecule has 0 saturated carbocycles. The molecule has 724 valence electrons. The maximum Gasteiger partial charge on any atom is 0.294 e. The van der Waals surface area contributed by atoms with E-state index in [1.165, 1.54) is 219 Å². The van der Waals surface area contributed by atoms with Crippen molar-refractivity contribution in [2.24, 2.45) is 14.1 Å². The number of hydrogen-bond donors (Lipinski definition) is 0. The Morgan fingerprint density at radius 2 is 0.476 bits per heavy atom. The molecule has 0 amide bonds. The summed E-state index contributed by atoms with van der Waals surface area (Å²) in [6.45, 7) is 43.7. The lowest BCUT2D eigenvalue weighted by Crippen LogP contribution is -2.30. The lowest BCUT2D eigenvalue weighted by molar-refractivity contribution is -0.671. The van der Waals surface area contributed by atoms with Crippen LogP contribution < -0.4 is 22.8 Å². The van der Waals surface area contributed by atoms with E-state index in [0.717, 1.165) is 19.6 Å². The van der Waals surface area contributed by atoms with Crippen LogP contribution >= 0.6 is 0 Å². The molecule has 3 aliphatic heterocycles. The first-order valence-electron chi connectivity index (χ1n) is 52.2. The van der Waals surface area contributed by atoms with E-state index in [2.05, 4.69) is 586 Å². The van der Waals surface area contributed by atoms with Crippen LogP contribution in [0, 0.1) is 27.7 Å². The van der Waals surface area contributed by atoms with Crippen molar-refractivity contribution in [1.82, 2.24) is 22.8 Å². The largest absolute Gasteiger partial charge is 0.294 e. The summed E-state index contributed by atoms with van der Waals surface area (Å²) in [5.74, 6) is 9.38. The molecule has 23 rings (SSSR count). The minimum absolute atomic E-state index is 0.411. The van der Waals surface area contributed by atoms with Crippen molar-refractivity contribution in [3.05, 3.63) is 480 Å². The van der Waals surface area contributed by atoms with Gasteiger partial charge in [0.15, 0.2) is 0 Å². The first kappa shape index (κ1) is 98.1. The van der Waals surface area contributed by atoms with Crippen LogP contribution in [0.5, 0.6) is 0 Å². The van der Waals surface area contributed by atoms with Gasteiger partial charge in [0.05, 0.1) is 41.9 Å². The normalized spacial score (nSPS) is 11.9. The Balaban J connectivity index is 0.000000115. The first-order valence-corrected chi connectivity index (χ1v) is 52.2. The maximum absolute atomic E-state index is 2.44. The van der Waals surface area contributed by atoms with Crippen molar-refractivity contribution in [2.75, 3.05) is 0 Å². The molecule has 8 heterocycles. The summed E-state index contributed by atoms with van der Waals surface area (Å²) in [7, 11) is 4.26. The van der Waals surface area contributed by atoms with E-state index in [-0.39, 0.29) is 0 Å². The molecule has 15 aromatic carbocycles. The van der Waals surface area contributed by atoms with Gasteiger partial charge in [-0.2, -0.15) is 22.8 Å². The molecule has 5 aromatic heterocycles. The number of rotatable bonds is 19. The van der Waals surface area contributed by atoms with Gasteiger partial charge in [-0.05, 0) is 208 Å². The van der Waals surface area contributed by atoms with E-state index < -0.39 is 0 Å². The summed E-state index contributed by atoms with van der Waals surface area (Å²) >= 11 is 0. The van der Waals surface area contributed by atoms with Crippen molar-refractivity contribution in [3.8, 4) is 141 Å². The van der Waals surface area contributed by atoms with Crippen molar-refractivity contribution in [3.63, 3.8) is 0 Å². The van der Waals surface area contributed by atoms with Crippen molar-refractivity contribution in [1.29, 1.82) is 0 Å². The van der Waals surface area contributed by atoms with Crippen molar-refractivity contribution < 1.29 is 22.8 Å². The quantitative estimate of drug-likeness (QED) is 0.0725. The number of fused-ring (bicyclic) bond motifs is 9. The third-order valence-corrected chi connectivity index (χ3v) is 29.5. The number of aromatic nitrogens is 10. The van der Waals surface area contributed by atoms with Crippen LogP contribution in [-0.2, 0) is 33.7 Å². The smallest absolute Gasteiger partial charge is 0.232 e. The fourth-order valence-corrected chi connectivity index (χ4v) is 21.9. The molecule has 0 atom stereocenters. The number of para-hydroxylation sites is 3. The highest BCUT2D eigenvalue weighted by molar-refractivity contribution is 5.80. The molecular formula is C135H139N10+5. The molecule has 0 saturated heterocycles. The Morgan fingerprint density at radius 3 is 0.897 bits per heavy atom. The van der Waals surface area contributed by atoms with E-state index >= 15 is 0 Å². The van der Waals surface area contributed by atoms with Gasteiger partial charge in [-0.25, -0.2) is 22.8 Å². The Hall–Kier alpha value is -15.7. The Bertz CT molecular complexity index is 7940. The van der Waals surface area contributed by atoms with Gasteiger partial charge >= 0.3 is 0 Å². The van der Waals surface area contributed by atoms with Crippen LogP contribution in [-0.4, -0.2) is 22.8 Å². The van der Waals surface area contributed by atoms with E-state index in [1.807, 2.05) is 0 Å². The molecule has 145 heavy (non-hydrogen) atoms. The van der Waals surface area contributed by atoms with Gasteiger partial charge in [0.1, 0.15) is 110 Å². The number of hydrogen-bond acceptors (Lipinski definition) is 0. The van der Waals surface area contributed by atoms with Gasteiger partial charge in [0, 0.05) is 55.6 Å². The fraction of sp³-hybridized carbons (Fsp3) is 0.222. The molecule has 0 unspecified atom stereocenters. The molecule has 0 aliphatic carbocycles. The Labute approximate surface area is 860 Å². The van der Waals surface area contributed by atoms with Gasteiger partial charge in [-0.1, -0.05) is 376 Å². The highest BCUT2D eigenvalue weighted by atomic mass is 15.2. The van der Waals surface area contributed by atoms with Gasteiger partial charge in [0.2, 0.25) is 0 Å². The minimum atomic E-state index is 0.411. The summed E-state index contributed by atoms with van der Waals surface area (Å²) in [5, 5.41) is 0. The Kier molecular flexibility index (Phi) is 28.8. The van der Waals surface area contributed by atoms with Crippen molar-refractivity contribution >= 4 is 0 Å². The number of aryl methyl sites for hydroxylation is 6. The predicted octanol–water partition coefficient (Wildman–Crippen LogP) is 31.8. The molecule has 0 bridgehead atoms. The summed E-state index contributed by atoms with van der Waals surface area (Å²) in [5.41, 5.74) is 44.9. The van der Waals surface area contributed by atoms with E-state index in [4.69, 9.17) is 0 Å². The summed E-state index contributed by atoms with van der Waals surface area (Å²) in [4.78, 5) is 0. The van der Waals surface area contributed by atoms with E-state index in [9.17, 15) is 0 Å². The number of nitrogens with zero attached hydrogens (tertiary/aromatic N) is 10. The fourth-order valence-electron chi connectivity index (χ4n) is 21.9. The van der Waals surface area contributed by atoms with E-state index in [0.29, 0.717) is 41.4 Å². The summed E-state index contributed by atoms with van der Waals surface area (Å²) in [6, 6.07) is 123. The minimum Gasteiger partial charge on any atom is -0.232 e. The molecule has 10 heteroatoms. The monoisotopic (exact) mass is 1900 g/mol. The highest BCUT2D eigenvalue weighted by Crippen LogP contribution is 2.45. The summed E-state index contributed by atoms with van der Waals surface area (Å²) in [6.07, 6.45) is 22.1. The molecule has 0 radical (unpaired) electrons. The Morgan fingerprint density at radius 1 is 0.193 bits per heavy atom. The second kappa shape index (κ2) is 42.5. The predicted molar refractivity (Wildman–Crippen MR) is 601 cm³/mol. The zero-order valence-electron chi connectivity index (χ0n) is 88.2. The van der Waals surface area contributed by atoms with Crippen LogP contribution in [0.25, 0.3) is 141 Å². The average Bonchev–Trinajstić information content (AvgIpc) is 1.47. The van der Waals surface area contributed by atoms with Gasteiger partial charge in [-0.3, -0.25) is 0 Å². The summed E-state index contributed by atoms with van der Waals surface area (Å²) < 4.78 is 23.5. The zero-order chi connectivity index (χ0) is 101. The third-order valence-electron chi connectivity index (χ3n) is 29.5. The van der Waals surface area contributed by atoms with Crippen LogP contribution in [0.15, 0.2) is 402 Å². The molecule has 3 aliphatic rings. The molecule has 0 N–H and O–H groups in total. The van der Waals surface area contributed by atoms with Crippen LogP contribution in [0.3, 0.4) is 0 Å². The lowest BCUT2D eigenvalue weighted by atomic mass is 9.88. The van der Waals surface area contributed by atoms with Gasteiger partial charge in [0.25, 0.3) is 29.1 Å². The standard InChI is InChI=1S/C29H33N2.2C28H29N2.C25H23N2.C25H25N2/c1-20(2)26-18-24(23-13-8-7-9-14-23)19-27(21(3)4)28(26)31-17-16-30(6)29(31)25-15-11-10-12-22(25)5;1-19(2)25-16-23(21-10-6-5-7-11-21)17-26(20(3)4)27(25)30-15-14-29-18-22-12-8-9-13-24(22)28(29)30;1-19(2)24-11-8-12-25(20(3)4)27(24)30-16-15-29-18-23-14-13-22(17-26(23)28(29)30)21-9-6-5-7-10-21;1-18(2)22-10-6-7-11-24(22)27-15-14-26-17-21-13-12-20(16-23(21)25(26)27)19-8-4-3-5-9-19;1-18-13-14-22(21-11-6-5-7-12-21)17-23(18)25-26(4)15-16-27(25)24-19(2)9-8-10-20(24)3/h7-21H,1-6H3;2*5-17,19-20H,18H2,1-4H3;3-16,18H,17H2,1-2H3;5-17H,1-4H3/q5*+1. The third kappa shape index (κ3) is 19.8.